The minimum atomic E-state index is -0.349. The fourth-order valence-corrected chi connectivity index (χ4v) is 5.00. The molecule has 0 spiro atoms. The van der Waals surface area contributed by atoms with Crippen LogP contribution in [0.5, 0.6) is 17.4 Å². The number of pyridine rings is 1. The molecule has 1 aromatic carbocycles. The Labute approximate surface area is 216 Å². The fraction of sp³-hybridized carbons (Fsp3) is 0.519. The van der Waals surface area contributed by atoms with Crippen LogP contribution in [0.25, 0.3) is 11.3 Å². The van der Waals surface area contributed by atoms with Gasteiger partial charge in [-0.2, -0.15) is 0 Å². The summed E-state index contributed by atoms with van der Waals surface area (Å²) in [6, 6.07) is 9.01. The molecule has 1 atom stereocenters. The largest absolute Gasteiger partial charge is 0.486 e. The molecule has 5 rings (SSSR count). The third kappa shape index (κ3) is 6.25. The highest BCUT2D eigenvalue weighted by Crippen LogP contribution is 2.41. The molecule has 198 valence electrons. The van der Waals surface area contributed by atoms with Crippen LogP contribution in [0.2, 0.25) is 0 Å². The lowest BCUT2D eigenvalue weighted by Gasteiger charge is -2.29. The van der Waals surface area contributed by atoms with Crippen LogP contribution in [0, 0.1) is 5.92 Å². The first-order valence-electron chi connectivity index (χ1n) is 13.0. The zero-order chi connectivity index (χ0) is 25.6. The van der Waals surface area contributed by atoms with Gasteiger partial charge in [0.25, 0.3) is 0 Å². The maximum absolute atomic E-state index is 12.6. The number of nitrogens with one attached hydrogen (secondary N) is 3. The van der Waals surface area contributed by atoms with E-state index in [-0.39, 0.29) is 30.0 Å². The normalized spacial score (nSPS) is 19.8. The number of anilines is 1. The molecule has 3 N–H and O–H groups in total. The highest BCUT2D eigenvalue weighted by molar-refractivity contribution is 5.90. The third-order valence-corrected chi connectivity index (χ3v) is 7.02. The number of hydrogen-bond donors (Lipinski definition) is 3. The van der Waals surface area contributed by atoms with E-state index in [1.54, 1.807) is 12.1 Å². The molecular weight excluding hydrogens is 476 g/mol. The highest BCUT2D eigenvalue weighted by atomic mass is 16.6. The van der Waals surface area contributed by atoms with Crippen molar-refractivity contribution in [3.63, 3.8) is 0 Å². The second-order valence-electron chi connectivity index (χ2n) is 9.68. The van der Waals surface area contributed by atoms with Gasteiger partial charge in [0.2, 0.25) is 11.8 Å². The number of amides is 3. The summed E-state index contributed by atoms with van der Waals surface area (Å²) in [4.78, 5) is 29.7. The summed E-state index contributed by atoms with van der Waals surface area (Å²) >= 11 is 0. The van der Waals surface area contributed by atoms with Crippen molar-refractivity contribution in [2.75, 3.05) is 38.8 Å². The van der Waals surface area contributed by atoms with Crippen molar-refractivity contribution in [1.82, 2.24) is 15.6 Å². The summed E-state index contributed by atoms with van der Waals surface area (Å²) in [6.45, 7) is 1.89. The minimum absolute atomic E-state index is 0.0204. The van der Waals surface area contributed by atoms with Crippen LogP contribution in [0.4, 0.5) is 10.5 Å². The van der Waals surface area contributed by atoms with Gasteiger partial charge in [0.05, 0.1) is 19.3 Å². The summed E-state index contributed by atoms with van der Waals surface area (Å²) < 4.78 is 23.0. The van der Waals surface area contributed by atoms with Crippen molar-refractivity contribution in [3.05, 3.63) is 30.3 Å². The molecule has 0 bridgehead atoms. The second-order valence-corrected chi connectivity index (χ2v) is 9.68. The molecule has 10 nitrogen and oxygen atoms in total. The second kappa shape index (κ2) is 11.7. The van der Waals surface area contributed by atoms with Crippen LogP contribution < -0.4 is 30.2 Å². The van der Waals surface area contributed by atoms with E-state index < -0.39 is 0 Å². The minimum Gasteiger partial charge on any atom is -0.486 e. The summed E-state index contributed by atoms with van der Waals surface area (Å²) in [6.07, 6.45) is 5.40. The van der Waals surface area contributed by atoms with Gasteiger partial charge in [-0.3, -0.25) is 4.79 Å². The number of rotatable bonds is 7. The van der Waals surface area contributed by atoms with Gasteiger partial charge in [-0.1, -0.05) is 18.9 Å². The molecule has 2 aromatic rings. The molecule has 2 fully saturated rings. The van der Waals surface area contributed by atoms with Gasteiger partial charge in [0.15, 0.2) is 11.5 Å². The van der Waals surface area contributed by atoms with E-state index in [9.17, 15) is 9.59 Å². The van der Waals surface area contributed by atoms with Crippen molar-refractivity contribution >= 4 is 17.6 Å². The molecule has 1 aromatic heterocycles. The van der Waals surface area contributed by atoms with Gasteiger partial charge in [0, 0.05) is 42.5 Å². The smallest absolute Gasteiger partial charge is 0.319 e. The summed E-state index contributed by atoms with van der Waals surface area (Å²) in [5.74, 6) is 1.50. The Hall–Kier alpha value is -3.53. The molecule has 1 unspecified atom stereocenters. The van der Waals surface area contributed by atoms with E-state index in [1.807, 2.05) is 18.2 Å². The molecule has 10 heteroatoms. The summed E-state index contributed by atoms with van der Waals surface area (Å²) in [7, 11) is 1.53. The molecule has 1 saturated carbocycles. The zero-order valence-corrected chi connectivity index (χ0v) is 21.1. The monoisotopic (exact) mass is 510 g/mol. The van der Waals surface area contributed by atoms with Crippen molar-refractivity contribution in [1.29, 1.82) is 0 Å². The van der Waals surface area contributed by atoms with Gasteiger partial charge < -0.3 is 34.9 Å². The van der Waals surface area contributed by atoms with Crippen molar-refractivity contribution in [3.8, 4) is 28.6 Å². The predicted molar refractivity (Wildman–Crippen MR) is 137 cm³/mol. The molecule has 1 aliphatic carbocycles. The van der Waals surface area contributed by atoms with Crippen LogP contribution in [-0.4, -0.2) is 62.5 Å². The van der Waals surface area contributed by atoms with E-state index in [0.29, 0.717) is 60.7 Å². The van der Waals surface area contributed by atoms with Crippen LogP contribution in [0.3, 0.4) is 0 Å². The average molecular weight is 511 g/mol. The average Bonchev–Trinajstić information content (AvgIpc) is 3.44. The number of fused-ring (bicyclic) bond motifs is 1. The number of urea groups is 1. The summed E-state index contributed by atoms with van der Waals surface area (Å²) in [5.41, 5.74) is 1.84. The Morgan fingerprint density at radius 3 is 2.70 bits per heavy atom. The zero-order valence-electron chi connectivity index (χ0n) is 21.1. The molecule has 3 heterocycles. The number of methoxy groups -OCH3 is 1. The van der Waals surface area contributed by atoms with E-state index in [2.05, 4.69) is 20.9 Å². The number of ether oxygens (including phenoxy) is 4. The first kappa shape index (κ1) is 25.1. The number of carbonyl (C=O) groups is 2. The molecule has 0 radical (unpaired) electrons. The van der Waals surface area contributed by atoms with Gasteiger partial charge in [0.1, 0.15) is 12.7 Å². The molecule has 1 saturated heterocycles. The molecule has 3 amide bonds. The van der Waals surface area contributed by atoms with E-state index in [0.717, 1.165) is 38.5 Å². The van der Waals surface area contributed by atoms with E-state index in [4.69, 9.17) is 18.9 Å². The predicted octanol–water partition coefficient (Wildman–Crippen LogP) is 3.50. The first-order chi connectivity index (χ1) is 18.1. The Bertz CT molecular complexity index is 1110. The molecule has 3 aliphatic rings. The van der Waals surface area contributed by atoms with Crippen LogP contribution in [0.15, 0.2) is 30.3 Å². The van der Waals surface area contributed by atoms with Crippen molar-refractivity contribution < 1.29 is 28.5 Å². The maximum atomic E-state index is 12.6. The number of hydrogen-bond acceptors (Lipinski definition) is 7. The summed E-state index contributed by atoms with van der Waals surface area (Å²) in [5, 5.41) is 8.94. The number of benzene rings is 1. The Morgan fingerprint density at radius 1 is 1.11 bits per heavy atom. The quantitative estimate of drug-likeness (QED) is 0.521. The third-order valence-electron chi connectivity index (χ3n) is 7.02. The lowest BCUT2D eigenvalue weighted by atomic mass is 9.99. The van der Waals surface area contributed by atoms with Gasteiger partial charge in [-0.05, 0) is 43.9 Å². The van der Waals surface area contributed by atoms with Crippen molar-refractivity contribution in [2.24, 2.45) is 5.92 Å². The van der Waals surface area contributed by atoms with Gasteiger partial charge in [-0.15, -0.1) is 0 Å². The van der Waals surface area contributed by atoms with Crippen LogP contribution in [0.1, 0.15) is 38.5 Å². The lowest BCUT2D eigenvalue weighted by Crippen LogP contribution is -2.43. The van der Waals surface area contributed by atoms with E-state index in [1.165, 1.54) is 7.11 Å². The number of nitrogens with zero attached hydrogens (tertiary/aromatic N) is 1. The highest BCUT2D eigenvalue weighted by Gasteiger charge is 2.27. The fourth-order valence-electron chi connectivity index (χ4n) is 5.00. The number of carbonyl (C=O) groups excluding carboxylic acids is 2. The molecule has 37 heavy (non-hydrogen) atoms. The standard InChI is InChI=1S/C27H34N4O6/c1-34-24-14-19(30-27(33)29-18-5-2-3-6-18)13-22(31-24)21-7-4-8-23-25(21)37-20(16-36-23)15-28-26(32)17-9-11-35-12-10-17/h4,7-8,13-14,17-18,20H,2-3,5-6,9-12,15-16H2,1H3,(H,28,32)(H2,29,30,31,33). The van der Waals surface area contributed by atoms with E-state index >= 15 is 0 Å². The lowest BCUT2D eigenvalue weighted by molar-refractivity contribution is -0.128. The SMILES string of the molecule is COc1cc(NC(=O)NC2CCCC2)cc(-c2cccc3c2OC(CNC(=O)C2CCOCC2)CO3)n1. The topological polar surface area (TPSA) is 120 Å². The Morgan fingerprint density at radius 2 is 1.92 bits per heavy atom. The van der Waals surface area contributed by atoms with Crippen molar-refractivity contribution in [2.45, 2.75) is 50.7 Å². The van der Waals surface area contributed by atoms with Gasteiger partial charge in [-0.25, -0.2) is 9.78 Å². The van der Waals surface area contributed by atoms with Crippen LogP contribution >= 0.6 is 0 Å². The van der Waals surface area contributed by atoms with Gasteiger partial charge >= 0.3 is 6.03 Å². The number of para-hydroxylation sites is 1. The Balaban J connectivity index is 1.30. The van der Waals surface area contributed by atoms with Crippen LogP contribution in [-0.2, 0) is 9.53 Å². The number of aromatic nitrogens is 1. The molecular formula is C27H34N4O6. The maximum Gasteiger partial charge on any atom is 0.319 e. The first-order valence-corrected chi connectivity index (χ1v) is 13.0. The molecule has 2 aliphatic heterocycles. The Kier molecular flexibility index (Phi) is 7.93.